The Bertz CT molecular complexity index is 667. The van der Waals surface area contributed by atoms with Gasteiger partial charge < -0.3 is 5.32 Å². The predicted molar refractivity (Wildman–Crippen MR) is 73.2 cm³/mol. The van der Waals surface area contributed by atoms with Gasteiger partial charge in [-0.05, 0) is 43.5 Å². The van der Waals surface area contributed by atoms with Crippen LogP contribution in [0, 0.1) is 17.0 Å². The third kappa shape index (κ3) is 2.06. The van der Waals surface area contributed by atoms with E-state index >= 15 is 0 Å². The lowest BCUT2D eigenvalue weighted by Gasteiger charge is -2.12. The summed E-state index contributed by atoms with van der Waals surface area (Å²) in [4.78, 5) is 15.2. The minimum atomic E-state index is -0.358. The monoisotopic (exact) mass is 257 g/mol. The maximum Gasteiger partial charge on any atom is 0.270 e. The summed E-state index contributed by atoms with van der Waals surface area (Å²) >= 11 is 0. The molecule has 0 aliphatic carbocycles. The third-order valence-electron chi connectivity index (χ3n) is 3.72. The summed E-state index contributed by atoms with van der Waals surface area (Å²) in [5.74, 6) is 0. The van der Waals surface area contributed by atoms with Crippen molar-refractivity contribution in [2.24, 2.45) is 0 Å². The molecule has 0 unspecified atom stereocenters. The molecule has 0 saturated carbocycles. The van der Waals surface area contributed by atoms with Crippen LogP contribution >= 0.6 is 0 Å². The van der Waals surface area contributed by atoms with Gasteiger partial charge in [0.2, 0.25) is 0 Å². The molecule has 5 nitrogen and oxygen atoms in total. The van der Waals surface area contributed by atoms with Crippen LogP contribution < -0.4 is 5.32 Å². The Labute approximate surface area is 110 Å². The maximum absolute atomic E-state index is 10.9. The highest BCUT2D eigenvalue weighted by Gasteiger charge is 2.16. The topological polar surface area (TPSA) is 68.1 Å². The molecule has 0 fully saturated rings. The highest BCUT2D eigenvalue weighted by Crippen LogP contribution is 2.27. The maximum atomic E-state index is 10.9. The summed E-state index contributed by atoms with van der Waals surface area (Å²) in [5.41, 5.74) is 4.41. The van der Waals surface area contributed by atoms with Crippen LogP contribution in [-0.2, 0) is 13.0 Å². The normalized spacial score (nSPS) is 15.0. The Morgan fingerprint density at radius 3 is 3.05 bits per heavy atom. The molecule has 3 rings (SSSR count). The number of hydrogen-bond acceptors (Lipinski definition) is 4. The summed E-state index contributed by atoms with van der Waals surface area (Å²) < 4.78 is 0. The van der Waals surface area contributed by atoms with E-state index in [1.54, 1.807) is 12.1 Å². The zero-order chi connectivity index (χ0) is 13.4. The van der Waals surface area contributed by atoms with Crippen molar-refractivity contribution in [3.05, 3.63) is 45.1 Å². The molecule has 0 bridgehead atoms. The van der Waals surface area contributed by atoms with E-state index < -0.39 is 0 Å². The van der Waals surface area contributed by atoms with E-state index in [1.165, 1.54) is 11.6 Å². The van der Waals surface area contributed by atoms with Crippen molar-refractivity contribution in [1.82, 2.24) is 10.3 Å². The van der Waals surface area contributed by atoms with Crippen molar-refractivity contribution < 1.29 is 4.92 Å². The van der Waals surface area contributed by atoms with Gasteiger partial charge in [-0.25, -0.2) is 0 Å². The molecule has 1 aliphatic rings. The molecule has 19 heavy (non-hydrogen) atoms. The van der Waals surface area contributed by atoms with Crippen molar-refractivity contribution >= 4 is 16.6 Å². The molecule has 0 spiro atoms. The van der Waals surface area contributed by atoms with E-state index in [0.717, 1.165) is 48.1 Å². The second-order valence-electron chi connectivity index (χ2n) is 4.90. The van der Waals surface area contributed by atoms with Crippen molar-refractivity contribution in [2.45, 2.75) is 26.3 Å². The second-order valence-corrected chi connectivity index (χ2v) is 4.90. The van der Waals surface area contributed by atoms with Crippen LogP contribution in [0.5, 0.6) is 0 Å². The van der Waals surface area contributed by atoms with Gasteiger partial charge in [0.15, 0.2) is 0 Å². The number of benzene rings is 1. The van der Waals surface area contributed by atoms with E-state index in [2.05, 4.69) is 10.3 Å². The van der Waals surface area contributed by atoms with Crippen LogP contribution in [-0.4, -0.2) is 16.5 Å². The zero-order valence-electron chi connectivity index (χ0n) is 10.8. The Balaban J connectivity index is 2.25. The summed E-state index contributed by atoms with van der Waals surface area (Å²) in [7, 11) is 0. The number of nitrogens with zero attached hydrogens (tertiary/aromatic N) is 2. The van der Waals surface area contributed by atoms with Gasteiger partial charge in [-0.1, -0.05) is 0 Å². The van der Waals surface area contributed by atoms with Gasteiger partial charge in [0.25, 0.3) is 5.69 Å². The van der Waals surface area contributed by atoms with Crippen LogP contribution in [0.2, 0.25) is 0 Å². The number of nitrogens with one attached hydrogen (secondary N) is 1. The van der Waals surface area contributed by atoms with Gasteiger partial charge in [-0.3, -0.25) is 15.1 Å². The highest BCUT2D eigenvalue weighted by atomic mass is 16.6. The first-order valence-electron chi connectivity index (χ1n) is 6.44. The Hall–Kier alpha value is -2.01. The number of pyridine rings is 1. The molecule has 2 heterocycles. The zero-order valence-corrected chi connectivity index (χ0v) is 10.8. The summed E-state index contributed by atoms with van der Waals surface area (Å²) in [5, 5.41) is 15.1. The molecule has 0 radical (unpaired) electrons. The Morgan fingerprint density at radius 2 is 2.26 bits per heavy atom. The van der Waals surface area contributed by atoms with Crippen LogP contribution in [0.1, 0.15) is 23.2 Å². The number of nitro groups is 1. The molecule has 5 heteroatoms. The molecule has 2 aromatic rings. The van der Waals surface area contributed by atoms with Crippen molar-refractivity contribution in [2.75, 3.05) is 6.54 Å². The van der Waals surface area contributed by atoms with E-state index in [9.17, 15) is 10.1 Å². The molecule has 1 N–H and O–H groups in total. The average Bonchev–Trinajstić information content (AvgIpc) is 2.64. The molecule has 1 aromatic carbocycles. The van der Waals surface area contributed by atoms with Crippen LogP contribution in [0.3, 0.4) is 0 Å². The van der Waals surface area contributed by atoms with Crippen LogP contribution in [0.15, 0.2) is 18.2 Å². The molecule has 1 aromatic heterocycles. The first-order chi connectivity index (χ1) is 9.16. The third-order valence-corrected chi connectivity index (χ3v) is 3.72. The van der Waals surface area contributed by atoms with Crippen molar-refractivity contribution in [1.29, 1.82) is 0 Å². The Kier molecular flexibility index (Phi) is 2.91. The number of nitro benzene ring substituents is 1. The van der Waals surface area contributed by atoms with Gasteiger partial charge in [0.05, 0.1) is 10.4 Å². The van der Waals surface area contributed by atoms with Crippen molar-refractivity contribution in [3.8, 4) is 0 Å². The minimum Gasteiger partial charge on any atom is -0.313 e. The molecule has 0 amide bonds. The summed E-state index contributed by atoms with van der Waals surface area (Å²) in [6.07, 6.45) is 2.05. The fourth-order valence-electron chi connectivity index (χ4n) is 2.66. The number of fused-ring (bicyclic) bond motifs is 2. The van der Waals surface area contributed by atoms with Gasteiger partial charge in [0, 0.05) is 29.8 Å². The predicted octanol–water partition coefficient (Wildman–Crippen LogP) is 2.49. The molecule has 98 valence electrons. The van der Waals surface area contributed by atoms with E-state index in [-0.39, 0.29) is 10.6 Å². The van der Waals surface area contributed by atoms with Gasteiger partial charge >= 0.3 is 0 Å². The van der Waals surface area contributed by atoms with E-state index in [1.807, 2.05) is 6.92 Å². The number of hydrogen-bond donors (Lipinski definition) is 1. The summed E-state index contributed by atoms with van der Waals surface area (Å²) in [6.45, 7) is 3.82. The lowest BCUT2D eigenvalue weighted by Crippen LogP contribution is -2.13. The summed E-state index contributed by atoms with van der Waals surface area (Å²) in [6, 6.07) is 4.90. The first kappa shape index (κ1) is 12.0. The van der Waals surface area contributed by atoms with Gasteiger partial charge in [0.1, 0.15) is 0 Å². The fourth-order valence-corrected chi connectivity index (χ4v) is 2.66. The van der Waals surface area contributed by atoms with E-state index in [0.29, 0.717) is 0 Å². The highest BCUT2D eigenvalue weighted by molar-refractivity contribution is 5.85. The molecule has 0 atom stereocenters. The molecule has 1 aliphatic heterocycles. The second kappa shape index (κ2) is 4.59. The SMILES string of the molecule is Cc1c2c(nc3ccc([N+](=O)[O-])cc13)CCCNC2. The quantitative estimate of drug-likeness (QED) is 0.629. The van der Waals surface area contributed by atoms with Crippen LogP contribution in [0.4, 0.5) is 5.69 Å². The standard InChI is InChI=1S/C14H15N3O2/c1-9-11-7-10(17(18)19)4-5-14(11)16-13-3-2-6-15-8-12(9)13/h4-5,7,15H,2-3,6,8H2,1H3. The van der Waals surface area contributed by atoms with Gasteiger partial charge in [-0.2, -0.15) is 0 Å². The minimum absolute atomic E-state index is 0.124. The molecule has 0 saturated heterocycles. The fraction of sp³-hybridized carbons (Fsp3) is 0.357. The van der Waals surface area contributed by atoms with E-state index in [4.69, 9.17) is 0 Å². The van der Waals surface area contributed by atoms with Crippen molar-refractivity contribution in [3.63, 3.8) is 0 Å². The Morgan fingerprint density at radius 1 is 1.42 bits per heavy atom. The average molecular weight is 257 g/mol. The number of rotatable bonds is 1. The number of aromatic nitrogens is 1. The van der Waals surface area contributed by atoms with Crippen LogP contribution in [0.25, 0.3) is 10.9 Å². The molecular formula is C14H15N3O2. The number of non-ortho nitro benzene ring substituents is 1. The number of aryl methyl sites for hydroxylation is 2. The van der Waals surface area contributed by atoms with Gasteiger partial charge in [-0.15, -0.1) is 0 Å². The lowest BCUT2D eigenvalue weighted by molar-refractivity contribution is -0.384. The smallest absolute Gasteiger partial charge is 0.270 e. The largest absolute Gasteiger partial charge is 0.313 e. The lowest BCUT2D eigenvalue weighted by atomic mass is 10.00. The molecular weight excluding hydrogens is 242 g/mol. The first-order valence-corrected chi connectivity index (χ1v) is 6.44.